The molecule has 0 saturated carbocycles. The Balaban J connectivity index is 2.75. The third-order valence-corrected chi connectivity index (χ3v) is 3.52. The molecule has 0 spiro atoms. The zero-order valence-corrected chi connectivity index (χ0v) is 11.3. The molecule has 1 aromatic rings. The van der Waals surface area contributed by atoms with Crippen LogP contribution in [0, 0.1) is 11.7 Å². The first-order valence-corrected chi connectivity index (χ1v) is 6.49. The second kappa shape index (κ2) is 6.36. The molecule has 90 valence electrons. The van der Waals surface area contributed by atoms with Crippen molar-refractivity contribution in [3.8, 4) is 0 Å². The molecule has 1 unspecified atom stereocenters. The first-order chi connectivity index (χ1) is 7.58. The Labute approximate surface area is 105 Å². The van der Waals surface area contributed by atoms with Crippen LogP contribution in [0.4, 0.5) is 4.39 Å². The van der Waals surface area contributed by atoms with Gasteiger partial charge >= 0.3 is 0 Å². The minimum atomic E-state index is -0.459. The Morgan fingerprint density at radius 3 is 2.50 bits per heavy atom. The normalized spacial score (nSPS) is 13.1. The smallest absolute Gasteiger partial charge is 0.126 e. The summed E-state index contributed by atoms with van der Waals surface area (Å²) in [6.45, 7) is 4.10. The summed E-state index contributed by atoms with van der Waals surface area (Å²) in [5.74, 6) is 0.00610. The maximum atomic E-state index is 13.5. The van der Waals surface area contributed by atoms with E-state index in [1.807, 2.05) is 0 Å². The molecule has 1 aromatic carbocycles. The highest BCUT2D eigenvalue weighted by molar-refractivity contribution is 9.10. The average Bonchev–Trinajstić information content (AvgIpc) is 2.25. The van der Waals surface area contributed by atoms with Crippen LogP contribution in [0.25, 0.3) is 0 Å². The molecule has 1 atom stereocenters. The van der Waals surface area contributed by atoms with Crippen LogP contribution >= 0.6 is 15.9 Å². The maximum Gasteiger partial charge on any atom is 0.126 e. The van der Waals surface area contributed by atoms with Crippen molar-refractivity contribution in [2.75, 3.05) is 0 Å². The van der Waals surface area contributed by atoms with E-state index in [1.165, 1.54) is 6.07 Å². The third-order valence-electron chi connectivity index (χ3n) is 3.03. The second-order valence-electron chi connectivity index (χ2n) is 4.08. The first-order valence-electron chi connectivity index (χ1n) is 5.70. The Kier molecular flexibility index (Phi) is 5.42. The van der Waals surface area contributed by atoms with E-state index in [-0.39, 0.29) is 11.7 Å². The van der Waals surface area contributed by atoms with Crippen molar-refractivity contribution in [3.05, 3.63) is 34.1 Å². The van der Waals surface area contributed by atoms with Gasteiger partial charge in [-0.3, -0.25) is 0 Å². The predicted octanol–water partition coefficient (Wildman–Crippen LogP) is 3.93. The minimum absolute atomic E-state index is 0.242. The van der Waals surface area contributed by atoms with Gasteiger partial charge in [0.1, 0.15) is 5.82 Å². The fraction of sp³-hybridized carbons (Fsp3) is 0.538. The molecule has 0 aliphatic rings. The number of halogens is 2. The fourth-order valence-electron chi connectivity index (χ4n) is 1.92. The number of hydrogen-bond donors (Lipinski definition) is 1. The van der Waals surface area contributed by atoms with Crippen LogP contribution in [-0.4, -0.2) is 11.2 Å². The molecule has 0 fully saturated rings. The summed E-state index contributed by atoms with van der Waals surface area (Å²) in [5.41, 5.74) is 0.578. The molecule has 1 N–H and O–H groups in total. The SMILES string of the molecule is CCC(CC)C(O)Cc1cc(Br)ccc1F. The number of aliphatic hydroxyl groups excluding tert-OH is 1. The van der Waals surface area contributed by atoms with Crippen LogP contribution in [0.5, 0.6) is 0 Å². The van der Waals surface area contributed by atoms with Crippen molar-refractivity contribution in [2.45, 2.75) is 39.2 Å². The van der Waals surface area contributed by atoms with Gasteiger partial charge in [-0.15, -0.1) is 0 Å². The van der Waals surface area contributed by atoms with E-state index in [2.05, 4.69) is 29.8 Å². The summed E-state index contributed by atoms with van der Waals surface area (Å²) in [7, 11) is 0. The van der Waals surface area contributed by atoms with Crippen molar-refractivity contribution in [1.82, 2.24) is 0 Å². The van der Waals surface area contributed by atoms with E-state index < -0.39 is 6.10 Å². The van der Waals surface area contributed by atoms with Gasteiger partial charge in [-0.05, 0) is 29.7 Å². The first kappa shape index (κ1) is 13.7. The van der Waals surface area contributed by atoms with E-state index >= 15 is 0 Å². The van der Waals surface area contributed by atoms with Gasteiger partial charge < -0.3 is 5.11 Å². The summed E-state index contributed by atoms with van der Waals surface area (Å²) < 4.78 is 14.3. The molecular formula is C13H18BrFO. The van der Waals surface area contributed by atoms with Crippen LogP contribution in [-0.2, 0) is 6.42 Å². The lowest BCUT2D eigenvalue weighted by atomic mass is 9.92. The van der Waals surface area contributed by atoms with Gasteiger partial charge in [0.15, 0.2) is 0 Å². The third kappa shape index (κ3) is 3.56. The highest BCUT2D eigenvalue weighted by atomic mass is 79.9. The number of benzene rings is 1. The van der Waals surface area contributed by atoms with Crippen molar-refractivity contribution in [2.24, 2.45) is 5.92 Å². The van der Waals surface area contributed by atoms with Gasteiger partial charge in [0.25, 0.3) is 0 Å². The molecule has 0 amide bonds. The zero-order valence-electron chi connectivity index (χ0n) is 9.71. The molecule has 3 heteroatoms. The molecular weight excluding hydrogens is 271 g/mol. The average molecular weight is 289 g/mol. The van der Waals surface area contributed by atoms with Gasteiger partial charge in [-0.2, -0.15) is 0 Å². The number of hydrogen-bond acceptors (Lipinski definition) is 1. The lowest BCUT2D eigenvalue weighted by Crippen LogP contribution is -2.22. The van der Waals surface area contributed by atoms with Crippen molar-refractivity contribution < 1.29 is 9.50 Å². The van der Waals surface area contributed by atoms with E-state index in [0.717, 1.165) is 17.3 Å². The summed E-state index contributed by atoms with van der Waals surface area (Å²) in [6, 6.07) is 4.84. The molecule has 16 heavy (non-hydrogen) atoms. The van der Waals surface area contributed by atoms with Crippen LogP contribution in [0.3, 0.4) is 0 Å². The van der Waals surface area contributed by atoms with E-state index in [0.29, 0.717) is 12.0 Å². The monoisotopic (exact) mass is 288 g/mol. The summed E-state index contributed by atoms with van der Waals surface area (Å²) >= 11 is 3.31. The van der Waals surface area contributed by atoms with Gasteiger partial charge in [0.05, 0.1) is 6.10 Å². The van der Waals surface area contributed by atoms with Crippen molar-refractivity contribution in [3.63, 3.8) is 0 Å². The number of aliphatic hydroxyl groups is 1. The fourth-order valence-corrected chi connectivity index (χ4v) is 2.33. The summed E-state index contributed by atoms with van der Waals surface area (Å²) in [4.78, 5) is 0. The molecule has 0 aromatic heterocycles. The molecule has 0 aliphatic heterocycles. The zero-order chi connectivity index (χ0) is 12.1. The summed E-state index contributed by atoms with van der Waals surface area (Å²) in [5, 5.41) is 10.00. The van der Waals surface area contributed by atoms with E-state index in [9.17, 15) is 9.50 Å². The Morgan fingerprint density at radius 1 is 1.31 bits per heavy atom. The van der Waals surface area contributed by atoms with Crippen molar-refractivity contribution >= 4 is 15.9 Å². The predicted molar refractivity (Wildman–Crippen MR) is 67.9 cm³/mol. The largest absolute Gasteiger partial charge is 0.392 e. The van der Waals surface area contributed by atoms with Crippen LogP contribution in [0.1, 0.15) is 32.3 Å². The molecule has 0 aliphatic carbocycles. The minimum Gasteiger partial charge on any atom is -0.392 e. The molecule has 0 saturated heterocycles. The highest BCUT2D eigenvalue weighted by Crippen LogP contribution is 2.21. The molecule has 1 nitrogen and oxygen atoms in total. The van der Waals surface area contributed by atoms with Crippen molar-refractivity contribution in [1.29, 1.82) is 0 Å². The Bertz CT molecular complexity index is 337. The Morgan fingerprint density at radius 2 is 1.94 bits per heavy atom. The standard InChI is InChI=1S/C13H18BrFO/c1-3-9(4-2)13(16)8-10-7-11(14)5-6-12(10)15/h5-7,9,13,16H,3-4,8H2,1-2H3. The van der Waals surface area contributed by atoms with Gasteiger partial charge in [0.2, 0.25) is 0 Å². The maximum absolute atomic E-state index is 13.5. The van der Waals surface area contributed by atoms with Crippen LogP contribution in [0.15, 0.2) is 22.7 Å². The van der Waals surface area contributed by atoms with Gasteiger partial charge in [0, 0.05) is 10.9 Å². The molecule has 0 bridgehead atoms. The molecule has 1 rings (SSSR count). The van der Waals surface area contributed by atoms with E-state index in [4.69, 9.17) is 0 Å². The van der Waals surface area contributed by atoms with E-state index in [1.54, 1.807) is 12.1 Å². The lowest BCUT2D eigenvalue weighted by Gasteiger charge is -2.20. The topological polar surface area (TPSA) is 20.2 Å². The highest BCUT2D eigenvalue weighted by Gasteiger charge is 2.17. The molecule has 0 heterocycles. The molecule has 0 radical (unpaired) electrons. The van der Waals surface area contributed by atoms with Gasteiger partial charge in [-0.25, -0.2) is 4.39 Å². The second-order valence-corrected chi connectivity index (χ2v) is 5.00. The lowest BCUT2D eigenvalue weighted by molar-refractivity contribution is 0.102. The summed E-state index contributed by atoms with van der Waals surface area (Å²) in [6.07, 6.45) is 1.77. The number of rotatable bonds is 5. The quantitative estimate of drug-likeness (QED) is 0.870. The van der Waals surface area contributed by atoms with Crippen LogP contribution in [0.2, 0.25) is 0 Å². The van der Waals surface area contributed by atoms with Gasteiger partial charge in [-0.1, -0.05) is 42.6 Å². The van der Waals surface area contributed by atoms with Crippen LogP contribution < -0.4 is 0 Å². The Hall–Kier alpha value is -0.410.